The molecule has 3 atom stereocenters. The van der Waals surface area contributed by atoms with E-state index in [1.165, 1.54) is 4.90 Å². The van der Waals surface area contributed by atoms with Gasteiger partial charge in [0.2, 0.25) is 18.6 Å². The van der Waals surface area contributed by atoms with E-state index in [-0.39, 0.29) is 56.5 Å². The highest BCUT2D eigenvalue weighted by Gasteiger charge is 2.32. The molecular formula is C36H41N5O7. The molecule has 12 nitrogen and oxygen atoms in total. The van der Waals surface area contributed by atoms with Crippen LogP contribution in [0.1, 0.15) is 25.0 Å². The molecule has 0 bridgehead atoms. The lowest BCUT2D eigenvalue weighted by molar-refractivity contribution is -0.134. The fraction of sp³-hybridized carbons (Fsp3) is 0.361. The van der Waals surface area contributed by atoms with Crippen molar-refractivity contribution in [3.8, 4) is 17.2 Å². The number of rotatable bonds is 8. The van der Waals surface area contributed by atoms with Crippen LogP contribution in [0.25, 0.3) is 10.9 Å². The summed E-state index contributed by atoms with van der Waals surface area (Å²) < 4.78 is 19.4. The van der Waals surface area contributed by atoms with E-state index in [0.717, 1.165) is 16.5 Å². The van der Waals surface area contributed by atoms with Crippen molar-refractivity contribution in [2.75, 3.05) is 44.2 Å². The van der Waals surface area contributed by atoms with Crippen molar-refractivity contribution in [1.29, 1.82) is 0 Å². The number of aliphatic hydroxyl groups is 1. The van der Waals surface area contributed by atoms with E-state index in [9.17, 15) is 19.5 Å². The van der Waals surface area contributed by atoms with Gasteiger partial charge in [-0.15, -0.1) is 0 Å². The average Bonchev–Trinajstić information content (AvgIpc) is 3.67. The number of amides is 4. The van der Waals surface area contributed by atoms with Crippen LogP contribution < -0.4 is 24.8 Å². The molecule has 12 heteroatoms. The van der Waals surface area contributed by atoms with Crippen molar-refractivity contribution < 1.29 is 33.7 Å². The average molecular weight is 656 g/mol. The first-order valence-corrected chi connectivity index (χ1v) is 16.0. The number of ether oxygens (including phenoxy) is 3. The minimum Gasteiger partial charge on any atom is -0.488 e. The number of hydrogen-bond acceptors (Lipinski definition) is 7. The van der Waals surface area contributed by atoms with E-state index >= 15 is 0 Å². The van der Waals surface area contributed by atoms with Crippen LogP contribution in [0.3, 0.4) is 0 Å². The number of nitrogens with zero attached hydrogens (tertiary/aromatic N) is 3. The van der Waals surface area contributed by atoms with Crippen LogP contribution in [0, 0.1) is 5.92 Å². The number of carbonyl (C=O) groups excluding carboxylic acids is 3. The maximum atomic E-state index is 13.6. The minimum absolute atomic E-state index is 0.0204. The minimum atomic E-state index is -0.498. The Labute approximate surface area is 279 Å². The molecule has 3 heterocycles. The van der Waals surface area contributed by atoms with Crippen LogP contribution in [0.4, 0.5) is 16.2 Å². The number of anilines is 2. The largest absolute Gasteiger partial charge is 0.488 e. The van der Waals surface area contributed by atoms with Gasteiger partial charge >= 0.3 is 6.03 Å². The van der Waals surface area contributed by atoms with E-state index in [1.54, 1.807) is 55.3 Å². The van der Waals surface area contributed by atoms with E-state index in [2.05, 4.69) is 10.6 Å². The predicted molar refractivity (Wildman–Crippen MR) is 181 cm³/mol. The highest BCUT2D eigenvalue weighted by atomic mass is 16.7. The summed E-state index contributed by atoms with van der Waals surface area (Å²) in [6, 6.07) is 17.7. The van der Waals surface area contributed by atoms with Gasteiger partial charge in [-0.2, -0.15) is 0 Å². The summed E-state index contributed by atoms with van der Waals surface area (Å²) in [5.41, 5.74) is 3.68. The Kier molecular flexibility index (Phi) is 9.44. The number of hydrogen-bond donors (Lipinski definition) is 3. The second-order valence-corrected chi connectivity index (χ2v) is 12.6. The number of likely N-dealkylation sites (N-methyl/N-ethyl adjacent to an activating group) is 1. The molecule has 0 radical (unpaired) electrons. The molecule has 0 spiro atoms. The van der Waals surface area contributed by atoms with Crippen molar-refractivity contribution in [2.24, 2.45) is 13.0 Å². The second-order valence-electron chi connectivity index (χ2n) is 12.6. The van der Waals surface area contributed by atoms with Crippen molar-refractivity contribution in [2.45, 2.75) is 38.8 Å². The summed E-state index contributed by atoms with van der Waals surface area (Å²) in [6.07, 6.45) is 1.68. The van der Waals surface area contributed by atoms with Crippen molar-refractivity contribution in [3.05, 3.63) is 78.0 Å². The Morgan fingerprint density at radius 2 is 1.75 bits per heavy atom. The number of nitrogens with one attached hydrogen (secondary N) is 2. The van der Waals surface area contributed by atoms with Gasteiger partial charge in [0.1, 0.15) is 11.9 Å². The SMILES string of the molecule is C[C@H](CO)N1C[C@H](C)[C@@H](CN(C)C(=O)Nc2ccc3c(c2)OCO3)Oc2ccc(NC(=O)Cc3cn(C)c4ccccc34)cc2CC1=O. The summed E-state index contributed by atoms with van der Waals surface area (Å²) in [6.45, 7) is 4.25. The van der Waals surface area contributed by atoms with Gasteiger partial charge in [-0.1, -0.05) is 25.1 Å². The van der Waals surface area contributed by atoms with Crippen LogP contribution in [-0.4, -0.2) is 83.0 Å². The van der Waals surface area contributed by atoms with Gasteiger partial charge in [-0.3, -0.25) is 9.59 Å². The van der Waals surface area contributed by atoms with Crippen molar-refractivity contribution >= 4 is 40.1 Å². The van der Waals surface area contributed by atoms with Crippen molar-refractivity contribution in [3.63, 3.8) is 0 Å². The smallest absolute Gasteiger partial charge is 0.321 e. The first-order valence-electron chi connectivity index (χ1n) is 16.0. The molecule has 3 aromatic carbocycles. The number of aryl methyl sites for hydroxylation is 1. The summed E-state index contributed by atoms with van der Waals surface area (Å²) >= 11 is 0. The standard InChI is InChI=1S/C36H41N5O7/c1-22-17-41(23(2)20-42)35(44)15-24-13-26(37-34(43)14-25-18-39(3)29-8-6-5-7-28(25)29)9-11-30(24)48-33(22)19-40(4)36(45)38-27-10-12-31-32(16-27)47-21-46-31/h5-13,16,18,22-23,33,42H,14-15,17,19-21H2,1-4H3,(H,37,43)(H,38,45)/t22-,23+,33+/m0/s1. The highest BCUT2D eigenvalue weighted by Crippen LogP contribution is 2.34. The monoisotopic (exact) mass is 655 g/mol. The molecular weight excluding hydrogens is 614 g/mol. The first-order chi connectivity index (χ1) is 23.1. The van der Waals surface area contributed by atoms with Crippen molar-refractivity contribution in [1.82, 2.24) is 14.4 Å². The Bertz CT molecular complexity index is 1840. The van der Waals surface area contributed by atoms with E-state index < -0.39 is 12.1 Å². The van der Waals surface area contributed by atoms with Gasteiger partial charge in [-0.25, -0.2) is 4.79 Å². The molecule has 48 heavy (non-hydrogen) atoms. The van der Waals surface area contributed by atoms with E-state index in [1.807, 2.05) is 49.0 Å². The predicted octanol–water partition coefficient (Wildman–Crippen LogP) is 4.40. The Morgan fingerprint density at radius 3 is 2.54 bits per heavy atom. The second kappa shape index (κ2) is 13.9. The number of fused-ring (bicyclic) bond motifs is 3. The molecule has 0 saturated heterocycles. The zero-order chi connectivity index (χ0) is 33.9. The van der Waals surface area contributed by atoms with E-state index in [4.69, 9.17) is 14.2 Å². The van der Waals surface area contributed by atoms with Gasteiger partial charge in [0, 0.05) is 66.7 Å². The summed E-state index contributed by atoms with van der Waals surface area (Å²) in [5.74, 6) is 1.13. The molecule has 4 aromatic rings. The molecule has 2 aliphatic heterocycles. The normalized spacial score (nSPS) is 17.9. The van der Waals surface area contributed by atoms with Crippen LogP contribution in [0.5, 0.6) is 17.2 Å². The van der Waals surface area contributed by atoms with Gasteiger partial charge in [0.05, 0.1) is 32.0 Å². The van der Waals surface area contributed by atoms with Crippen LogP contribution in [0.15, 0.2) is 66.9 Å². The van der Waals surface area contributed by atoms with Crippen LogP contribution >= 0.6 is 0 Å². The quantitative estimate of drug-likeness (QED) is 0.256. The lowest BCUT2D eigenvalue weighted by Crippen LogP contribution is -2.48. The molecule has 4 amide bonds. The van der Waals surface area contributed by atoms with Gasteiger partial charge < -0.3 is 44.3 Å². The Morgan fingerprint density at radius 1 is 1.02 bits per heavy atom. The molecule has 0 saturated carbocycles. The number of benzene rings is 3. The molecule has 1 aromatic heterocycles. The highest BCUT2D eigenvalue weighted by molar-refractivity contribution is 5.96. The number of carbonyl (C=O) groups is 3. The summed E-state index contributed by atoms with van der Waals surface area (Å²) in [5, 5.41) is 16.9. The third-order valence-electron chi connectivity index (χ3n) is 8.96. The van der Waals surface area contributed by atoms with Crippen LogP contribution in [0.2, 0.25) is 0 Å². The van der Waals surface area contributed by atoms with Gasteiger partial charge in [0.25, 0.3) is 0 Å². The molecule has 0 fully saturated rings. The number of para-hydroxylation sites is 1. The fourth-order valence-electron chi connectivity index (χ4n) is 6.22. The number of aromatic nitrogens is 1. The number of aliphatic hydroxyl groups excluding tert-OH is 1. The Balaban J connectivity index is 1.20. The summed E-state index contributed by atoms with van der Waals surface area (Å²) in [7, 11) is 3.64. The fourth-order valence-corrected chi connectivity index (χ4v) is 6.22. The zero-order valence-corrected chi connectivity index (χ0v) is 27.6. The summed E-state index contributed by atoms with van der Waals surface area (Å²) in [4.78, 5) is 43.2. The lowest BCUT2D eigenvalue weighted by Gasteiger charge is -2.34. The topological polar surface area (TPSA) is 135 Å². The molecule has 2 aliphatic rings. The van der Waals surface area contributed by atoms with Gasteiger partial charge in [-0.05, 0) is 48.9 Å². The lowest BCUT2D eigenvalue weighted by atomic mass is 10.0. The molecule has 252 valence electrons. The maximum absolute atomic E-state index is 13.6. The molecule has 0 aliphatic carbocycles. The Hall–Kier alpha value is -5.23. The van der Waals surface area contributed by atoms with E-state index in [0.29, 0.717) is 40.7 Å². The number of urea groups is 1. The first kappa shape index (κ1) is 32.7. The van der Waals surface area contributed by atoms with Gasteiger partial charge in [0.15, 0.2) is 11.5 Å². The zero-order valence-electron chi connectivity index (χ0n) is 27.6. The molecule has 3 N–H and O–H groups in total. The third-order valence-corrected chi connectivity index (χ3v) is 8.96. The third kappa shape index (κ3) is 7.03. The molecule has 6 rings (SSSR count). The maximum Gasteiger partial charge on any atom is 0.321 e. The molecule has 0 unspecified atom stereocenters. The van der Waals surface area contributed by atoms with Crippen LogP contribution in [-0.2, 0) is 29.5 Å².